The van der Waals surface area contributed by atoms with Gasteiger partial charge in [0, 0.05) is 26.6 Å². The Hall–Kier alpha value is -1.88. The van der Waals surface area contributed by atoms with Gasteiger partial charge < -0.3 is 15.0 Å². The van der Waals surface area contributed by atoms with Crippen LogP contribution in [0.2, 0.25) is 0 Å². The molecule has 2 aliphatic rings. The predicted molar refractivity (Wildman–Crippen MR) is 86.7 cm³/mol. The van der Waals surface area contributed by atoms with Crippen LogP contribution in [0.1, 0.15) is 37.3 Å². The van der Waals surface area contributed by atoms with E-state index < -0.39 is 0 Å². The fourth-order valence-corrected chi connectivity index (χ4v) is 3.57. The first-order valence-corrected chi connectivity index (χ1v) is 8.36. The maximum atomic E-state index is 12.7. The minimum atomic E-state index is -0.207. The molecule has 0 aliphatic carbocycles. The summed E-state index contributed by atoms with van der Waals surface area (Å²) >= 11 is 0. The van der Waals surface area contributed by atoms with Crippen molar-refractivity contribution >= 4 is 11.8 Å². The molecule has 1 N–H and O–H groups in total. The van der Waals surface area contributed by atoms with E-state index in [2.05, 4.69) is 5.32 Å². The molecule has 5 nitrogen and oxygen atoms in total. The average molecular weight is 316 g/mol. The lowest BCUT2D eigenvalue weighted by Crippen LogP contribution is -2.47. The molecular formula is C18H24N2O3. The highest BCUT2D eigenvalue weighted by atomic mass is 16.5. The lowest BCUT2D eigenvalue weighted by Gasteiger charge is -2.38. The number of hydrogen-bond acceptors (Lipinski definition) is 3. The molecule has 2 heterocycles. The molecule has 0 saturated carbocycles. The molecule has 2 saturated heterocycles. The molecule has 1 aromatic rings. The number of nitrogens with one attached hydrogen (secondary N) is 1. The van der Waals surface area contributed by atoms with Crippen LogP contribution >= 0.6 is 0 Å². The summed E-state index contributed by atoms with van der Waals surface area (Å²) in [4.78, 5) is 26.5. The van der Waals surface area contributed by atoms with E-state index in [-0.39, 0.29) is 29.9 Å². The third-order valence-electron chi connectivity index (χ3n) is 4.87. The van der Waals surface area contributed by atoms with Gasteiger partial charge in [0.1, 0.15) is 0 Å². The van der Waals surface area contributed by atoms with Crippen molar-refractivity contribution < 1.29 is 14.3 Å². The summed E-state index contributed by atoms with van der Waals surface area (Å²) in [6.07, 6.45) is 3.23. The second kappa shape index (κ2) is 7.13. The van der Waals surface area contributed by atoms with Crippen molar-refractivity contribution in [1.29, 1.82) is 0 Å². The van der Waals surface area contributed by atoms with Gasteiger partial charge in [-0.3, -0.25) is 9.59 Å². The molecule has 1 aromatic carbocycles. The molecule has 0 bridgehead atoms. The summed E-state index contributed by atoms with van der Waals surface area (Å²) in [6.45, 7) is 1.35. The van der Waals surface area contributed by atoms with Gasteiger partial charge in [-0.15, -0.1) is 0 Å². The average Bonchev–Trinajstić information content (AvgIpc) is 3.09. The Morgan fingerprint density at radius 1 is 1.30 bits per heavy atom. The predicted octanol–water partition coefficient (Wildman–Crippen LogP) is 1.89. The van der Waals surface area contributed by atoms with Crippen LogP contribution in [0.3, 0.4) is 0 Å². The van der Waals surface area contributed by atoms with Crippen molar-refractivity contribution in [3.8, 4) is 0 Å². The number of nitrogens with zero attached hydrogens (tertiary/aromatic N) is 1. The van der Waals surface area contributed by atoms with E-state index in [1.165, 1.54) is 0 Å². The molecule has 0 spiro atoms. The highest BCUT2D eigenvalue weighted by Crippen LogP contribution is 2.35. The minimum absolute atomic E-state index is 0.0219. The molecule has 5 heteroatoms. The van der Waals surface area contributed by atoms with E-state index in [4.69, 9.17) is 4.74 Å². The fraction of sp³-hybridized carbons (Fsp3) is 0.556. The van der Waals surface area contributed by atoms with Crippen molar-refractivity contribution in [1.82, 2.24) is 10.2 Å². The maximum absolute atomic E-state index is 12.7. The number of carbonyl (C=O) groups is 2. The third-order valence-corrected chi connectivity index (χ3v) is 4.87. The Kier molecular flexibility index (Phi) is 4.96. The molecular weight excluding hydrogens is 292 g/mol. The summed E-state index contributed by atoms with van der Waals surface area (Å²) in [6, 6.07) is 9.62. The Morgan fingerprint density at radius 3 is 2.78 bits per heavy atom. The zero-order chi connectivity index (χ0) is 16.2. The highest BCUT2D eigenvalue weighted by Gasteiger charge is 2.38. The Bertz CT molecular complexity index is 555. The van der Waals surface area contributed by atoms with E-state index in [1.807, 2.05) is 30.3 Å². The molecule has 2 amide bonds. The van der Waals surface area contributed by atoms with Crippen LogP contribution in [0.25, 0.3) is 0 Å². The van der Waals surface area contributed by atoms with Gasteiger partial charge in [0.15, 0.2) is 0 Å². The lowest BCUT2D eigenvalue weighted by atomic mass is 9.84. The number of rotatable bonds is 4. The monoisotopic (exact) mass is 316 g/mol. The zero-order valence-electron chi connectivity index (χ0n) is 13.5. The Labute approximate surface area is 137 Å². The molecule has 3 rings (SSSR count). The van der Waals surface area contributed by atoms with E-state index >= 15 is 0 Å². The SMILES string of the molecule is CN1C(=O)CC[C@H](C(=O)NC[C@H]2CCCO2)[C@@H]1c1ccccc1. The molecule has 0 aromatic heterocycles. The van der Waals surface area contributed by atoms with E-state index in [0.717, 1.165) is 25.0 Å². The molecule has 2 fully saturated rings. The molecule has 2 aliphatic heterocycles. The Balaban J connectivity index is 1.72. The fourth-order valence-electron chi connectivity index (χ4n) is 3.57. The third kappa shape index (κ3) is 3.55. The van der Waals surface area contributed by atoms with E-state index in [9.17, 15) is 9.59 Å². The van der Waals surface area contributed by atoms with Crippen LogP contribution in [-0.2, 0) is 14.3 Å². The standard InChI is InChI=1S/C18H24N2O3/c1-20-16(21)10-9-15(17(20)13-6-3-2-4-7-13)18(22)19-12-14-8-5-11-23-14/h2-4,6-7,14-15,17H,5,8-12H2,1H3,(H,19,22)/t14-,15+,17+/m1/s1. The van der Waals surface area contributed by atoms with Crippen molar-refractivity contribution in [3.05, 3.63) is 35.9 Å². The topological polar surface area (TPSA) is 58.6 Å². The number of carbonyl (C=O) groups excluding carboxylic acids is 2. The second-order valence-electron chi connectivity index (χ2n) is 6.39. The van der Waals surface area contributed by atoms with Crippen LogP contribution in [0.5, 0.6) is 0 Å². The normalized spacial score (nSPS) is 28.0. The number of ether oxygens (including phenoxy) is 1. The van der Waals surface area contributed by atoms with E-state index in [1.54, 1.807) is 11.9 Å². The van der Waals surface area contributed by atoms with Crippen LogP contribution < -0.4 is 5.32 Å². The van der Waals surface area contributed by atoms with Crippen LogP contribution in [-0.4, -0.2) is 43.0 Å². The minimum Gasteiger partial charge on any atom is -0.376 e. The van der Waals surface area contributed by atoms with Gasteiger partial charge in [-0.2, -0.15) is 0 Å². The van der Waals surface area contributed by atoms with Crippen molar-refractivity contribution in [2.24, 2.45) is 5.92 Å². The second-order valence-corrected chi connectivity index (χ2v) is 6.39. The zero-order valence-corrected chi connectivity index (χ0v) is 13.5. The van der Waals surface area contributed by atoms with Gasteiger partial charge in [-0.1, -0.05) is 30.3 Å². The van der Waals surface area contributed by atoms with Gasteiger partial charge in [0.05, 0.1) is 18.1 Å². The first-order valence-electron chi connectivity index (χ1n) is 8.36. The van der Waals surface area contributed by atoms with Gasteiger partial charge in [-0.25, -0.2) is 0 Å². The summed E-state index contributed by atoms with van der Waals surface area (Å²) in [5.41, 5.74) is 1.01. The number of hydrogen-bond donors (Lipinski definition) is 1. The molecule has 0 radical (unpaired) electrons. The van der Waals surface area contributed by atoms with Crippen molar-refractivity contribution in [2.45, 2.75) is 37.8 Å². The first kappa shape index (κ1) is 16.0. The Morgan fingerprint density at radius 2 is 2.09 bits per heavy atom. The van der Waals surface area contributed by atoms with Crippen molar-refractivity contribution in [2.75, 3.05) is 20.2 Å². The van der Waals surface area contributed by atoms with Gasteiger partial charge in [0.2, 0.25) is 11.8 Å². The first-order chi connectivity index (χ1) is 11.2. The lowest BCUT2D eigenvalue weighted by molar-refractivity contribution is -0.141. The largest absolute Gasteiger partial charge is 0.376 e. The quantitative estimate of drug-likeness (QED) is 0.923. The molecule has 3 atom stereocenters. The summed E-state index contributed by atoms with van der Waals surface area (Å²) in [5.74, 6) is -0.0859. The maximum Gasteiger partial charge on any atom is 0.225 e. The smallest absolute Gasteiger partial charge is 0.225 e. The van der Waals surface area contributed by atoms with Crippen LogP contribution in [0.4, 0.5) is 0 Å². The number of amides is 2. The molecule has 23 heavy (non-hydrogen) atoms. The highest BCUT2D eigenvalue weighted by molar-refractivity contribution is 5.84. The summed E-state index contributed by atoms with van der Waals surface area (Å²) in [5, 5.41) is 3.03. The van der Waals surface area contributed by atoms with Crippen LogP contribution in [0, 0.1) is 5.92 Å². The molecule has 0 unspecified atom stereocenters. The molecule has 124 valence electrons. The van der Waals surface area contributed by atoms with Crippen molar-refractivity contribution in [3.63, 3.8) is 0 Å². The van der Waals surface area contributed by atoms with E-state index in [0.29, 0.717) is 19.4 Å². The van der Waals surface area contributed by atoms with Crippen LogP contribution in [0.15, 0.2) is 30.3 Å². The van der Waals surface area contributed by atoms with Gasteiger partial charge in [0.25, 0.3) is 0 Å². The number of piperidine rings is 1. The number of benzene rings is 1. The number of likely N-dealkylation sites (tertiary alicyclic amines) is 1. The summed E-state index contributed by atoms with van der Waals surface area (Å²) in [7, 11) is 1.79. The van der Waals surface area contributed by atoms with Gasteiger partial charge >= 0.3 is 0 Å². The summed E-state index contributed by atoms with van der Waals surface area (Å²) < 4.78 is 5.56. The van der Waals surface area contributed by atoms with Gasteiger partial charge in [-0.05, 0) is 24.8 Å².